The second kappa shape index (κ2) is 6.36. The van der Waals surface area contributed by atoms with E-state index in [2.05, 4.69) is 5.10 Å². The van der Waals surface area contributed by atoms with Crippen molar-refractivity contribution in [2.24, 2.45) is 22.4 Å². The van der Waals surface area contributed by atoms with Gasteiger partial charge in [0.1, 0.15) is 6.04 Å². The second-order valence-electron chi connectivity index (χ2n) is 9.16. The van der Waals surface area contributed by atoms with Gasteiger partial charge in [-0.1, -0.05) is 63.2 Å². The summed E-state index contributed by atoms with van der Waals surface area (Å²) in [6.07, 6.45) is 1.72. The molecule has 2 amide bonds. The van der Waals surface area contributed by atoms with Gasteiger partial charge in [0.15, 0.2) is 5.78 Å². The number of imide groups is 1. The quantitative estimate of drug-likeness (QED) is 0.725. The molecule has 1 unspecified atom stereocenters. The summed E-state index contributed by atoms with van der Waals surface area (Å²) in [5.74, 6) is -2.05. The fraction of sp³-hybridized carbons (Fsp3) is 0.333. The van der Waals surface area contributed by atoms with Crippen LogP contribution in [-0.4, -0.2) is 34.9 Å². The largest absolute Gasteiger partial charge is 0.297 e. The van der Waals surface area contributed by atoms with Crippen LogP contribution >= 0.6 is 0 Å². The van der Waals surface area contributed by atoms with E-state index in [0.29, 0.717) is 5.69 Å². The molecule has 0 radical (unpaired) electrons. The van der Waals surface area contributed by atoms with Crippen LogP contribution in [-0.2, 0) is 14.4 Å². The first-order valence-electron chi connectivity index (χ1n) is 10.2. The number of hydrazone groups is 1. The lowest BCUT2D eigenvalue weighted by Crippen LogP contribution is -2.48. The van der Waals surface area contributed by atoms with Crippen molar-refractivity contribution in [3.8, 4) is 0 Å². The molecule has 6 nitrogen and oxygen atoms in total. The van der Waals surface area contributed by atoms with E-state index >= 15 is 0 Å². The van der Waals surface area contributed by atoms with Crippen molar-refractivity contribution in [3.05, 3.63) is 65.7 Å². The molecule has 0 bridgehead atoms. The Balaban J connectivity index is 1.68. The van der Waals surface area contributed by atoms with Gasteiger partial charge in [-0.25, -0.2) is 4.90 Å². The van der Waals surface area contributed by atoms with Gasteiger partial charge in [-0.2, -0.15) is 5.10 Å². The Kier molecular flexibility index (Phi) is 3.97. The smallest absolute Gasteiger partial charge is 0.240 e. The first-order valence-corrected chi connectivity index (χ1v) is 10.2. The van der Waals surface area contributed by atoms with Gasteiger partial charge in [0, 0.05) is 5.41 Å². The van der Waals surface area contributed by atoms with Gasteiger partial charge in [-0.15, -0.1) is 0 Å². The standard InChI is InChI=1S/C24H23N3O3/c1-24(2,3)21(28)20-18-17(19-16-12-8-7-9-14(16)13-25-27(19)20)22(29)26(23(18)30)15-10-5-4-6-11-15/h4-13,17-20H,1-3H3/t17-,18+,19?,20-/m1/s1. The molecule has 2 saturated heterocycles. The van der Waals surface area contributed by atoms with Gasteiger partial charge in [0.05, 0.1) is 29.8 Å². The number of carbonyl (C=O) groups is 3. The first-order chi connectivity index (χ1) is 14.3. The summed E-state index contributed by atoms with van der Waals surface area (Å²) in [4.78, 5) is 41.9. The van der Waals surface area contributed by atoms with Crippen molar-refractivity contribution in [2.45, 2.75) is 32.9 Å². The average molecular weight is 401 g/mol. The van der Waals surface area contributed by atoms with Crippen LogP contribution in [0.15, 0.2) is 59.7 Å². The molecule has 2 fully saturated rings. The normalized spacial score (nSPS) is 27.2. The van der Waals surface area contributed by atoms with Gasteiger partial charge in [0.25, 0.3) is 0 Å². The highest BCUT2D eigenvalue weighted by Gasteiger charge is 2.66. The van der Waals surface area contributed by atoms with Crippen molar-refractivity contribution in [1.82, 2.24) is 5.01 Å². The maximum absolute atomic E-state index is 13.6. The average Bonchev–Trinajstić information content (AvgIpc) is 3.20. The number of Topliss-reactive ketones (excluding diaryl/α,β-unsaturated/α-hetero) is 1. The Labute approximate surface area is 175 Å². The molecule has 0 saturated carbocycles. The maximum Gasteiger partial charge on any atom is 0.240 e. The topological polar surface area (TPSA) is 70.0 Å². The highest BCUT2D eigenvalue weighted by Crippen LogP contribution is 2.53. The summed E-state index contributed by atoms with van der Waals surface area (Å²) < 4.78 is 0. The summed E-state index contributed by atoms with van der Waals surface area (Å²) >= 11 is 0. The Morgan fingerprint density at radius 1 is 0.900 bits per heavy atom. The zero-order valence-corrected chi connectivity index (χ0v) is 17.1. The Morgan fingerprint density at radius 2 is 1.53 bits per heavy atom. The summed E-state index contributed by atoms with van der Waals surface area (Å²) in [5, 5.41) is 6.27. The third-order valence-electron chi connectivity index (χ3n) is 6.32. The lowest BCUT2D eigenvalue weighted by molar-refractivity contribution is -0.136. The molecule has 2 aromatic rings. The summed E-state index contributed by atoms with van der Waals surface area (Å²) in [7, 11) is 0. The number of fused-ring (bicyclic) bond motifs is 5. The van der Waals surface area contributed by atoms with E-state index in [9.17, 15) is 14.4 Å². The summed E-state index contributed by atoms with van der Waals surface area (Å²) in [6, 6.07) is 15.5. The van der Waals surface area contributed by atoms with E-state index < -0.39 is 29.3 Å². The van der Waals surface area contributed by atoms with Gasteiger partial charge in [0.2, 0.25) is 11.8 Å². The maximum atomic E-state index is 13.6. The molecular formula is C24H23N3O3. The van der Waals surface area contributed by atoms with Crippen molar-refractivity contribution in [3.63, 3.8) is 0 Å². The molecule has 0 aliphatic carbocycles. The van der Waals surface area contributed by atoms with E-state index in [4.69, 9.17) is 0 Å². The number of amides is 2. The van der Waals surface area contributed by atoms with Crippen molar-refractivity contribution in [1.29, 1.82) is 0 Å². The number of benzene rings is 2. The minimum absolute atomic E-state index is 0.0763. The Morgan fingerprint density at radius 3 is 2.23 bits per heavy atom. The number of rotatable bonds is 2. The van der Waals surface area contributed by atoms with Gasteiger partial charge in [-0.05, 0) is 23.3 Å². The molecule has 2 aromatic carbocycles. The monoisotopic (exact) mass is 401 g/mol. The predicted octanol–water partition coefficient (Wildman–Crippen LogP) is 3.18. The Bertz CT molecular complexity index is 1090. The number of nitrogens with zero attached hydrogens (tertiary/aromatic N) is 3. The number of hydrogen-bond donors (Lipinski definition) is 0. The van der Waals surface area contributed by atoms with Crippen LogP contribution in [0.25, 0.3) is 0 Å². The van der Waals surface area contributed by atoms with E-state index in [1.54, 1.807) is 35.5 Å². The first kappa shape index (κ1) is 18.7. The zero-order chi connectivity index (χ0) is 21.2. The molecule has 0 aromatic heterocycles. The van der Waals surface area contributed by atoms with E-state index in [1.807, 2.05) is 51.1 Å². The molecule has 3 aliphatic rings. The highest BCUT2D eigenvalue weighted by molar-refractivity contribution is 6.24. The van der Waals surface area contributed by atoms with Gasteiger partial charge < -0.3 is 0 Å². The second-order valence-corrected chi connectivity index (χ2v) is 9.16. The van der Waals surface area contributed by atoms with Crippen molar-refractivity contribution < 1.29 is 14.4 Å². The molecule has 30 heavy (non-hydrogen) atoms. The molecular weight excluding hydrogens is 378 g/mol. The number of para-hydroxylation sites is 1. The number of anilines is 1. The molecule has 5 rings (SSSR count). The summed E-state index contributed by atoms with van der Waals surface area (Å²) in [5.41, 5.74) is 1.73. The minimum Gasteiger partial charge on any atom is -0.297 e. The molecule has 0 N–H and O–H groups in total. The van der Waals surface area contributed by atoms with E-state index in [0.717, 1.165) is 11.1 Å². The van der Waals surface area contributed by atoms with Crippen LogP contribution in [0.2, 0.25) is 0 Å². The lowest BCUT2D eigenvalue weighted by Gasteiger charge is -2.35. The van der Waals surface area contributed by atoms with Gasteiger partial charge >= 0.3 is 0 Å². The highest BCUT2D eigenvalue weighted by atomic mass is 16.2. The van der Waals surface area contributed by atoms with E-state index in [1.165, 1.54) is 4.90 Å². The molecule has 3 aliphatic heterocycles. The molecule has 3 heterocycles. The lowest BCUT2D eigenvalue weighted by atomic mass is 9.79. The minimum atomic E-state index is -0.769. The number of carbonyl (C=O) groups excluding carboxylic acids is 3. The van der Waals surface area contributed by atoms with E-state index in [-0.39, 0.29) is 17.6 Å². The zero-order valence-electron chi connectivity index (χ0n) is 17.1. The van der Waals surface area contributed by atoms with Crippen LogP contribution in [0.4, 0.5) is 5.69 Å². The third-order valence-corrected chi connectivity index (χ3v) is 6.32. The van der Waals surface area contributed by atoms with Crippen molar-refractivity contribution in [2.75, 3.05) is 4.90 Å². The van der Waals surface area contributed by atoms with Crippen LogP contribution in [0.1, 0.15) is 37.9 Å². The van der Waals surface area contributed by atoms with Crippen LogP contribution in [0.5, 0.6) is 0 Å². The number of ketones is 1. The molecule has 152 valence electrons. The van der Waals surface area contributed by atoms with Crippen LogP contribution in [0.3, 0.4) is 0 Å². The van der Waals surface area contributed by atoms with Crippen molar-refractivity contribution >= 4 is 29.5 Å². The summed E-state index contributed by atoms with van der Waals surface area (Å²) in [6.45, 7) is 5.53. The van der Waals surface area contributed by atoms with Gasteiger partial charge in [-0.3, -0.25) is 19.4 Å². The fourth-order valence-electron chi connectivity index (χ4n) is 4.94. The molecule has 6 heteroatoms. The van der Waals surface area contributed by atoms with Crippen LogP contribution in [0, 0.1) is 17.3 Å². The number of hydrogen-bond acceptors (Lipinski definition) is 5. The Hall–Kier alpha value is -3.28. The predicted molar refractivity (Wildman–Crippen MR) is 113 cm³/mol. The fourth-order valence-corrected chi connectivity index (χ4v) is 4.94. The third kappa shape index (κ3) is 2.49. The SMILES string of the molecule is CC(C)(C)C(=O)[C@H]1[C@H]2C(=O)N(c3ccccc3)C(=O)[C@H]2C2c3ccccc3C=NN21. The molecule has 4 atom stereocenters. The molecule has 0 spiro atoms. The van der Waals surface area contributed by atoms with Crippen LogP contribution < -0.4 is 4.90 Å².